The minimum Gasteiger partial charge on any atom is -0.317 e. The van der Waals surface area contributed by atoms with Crippen LogP contribution in [0, 0.1) is 5.92 Å². The van der Waals surface area contributed by atoms with Crippen LogP contribution < -0.4 is 5.32 Å². The first-order chi connectivity index (χ1) is 10.0. The highest BCUT2D eigenvalue weighted by Crippen LogP contribution is 2.32. The maximum absolute atomic E-state index is 13.0. The van der Waals surface area contributed by atoms with Crippen LogP contribution in [-0.4, -0.2) is 55.3 Å². The van der Waals surface area contributed by atoms with Crippen molar-refractivity contribution in [2.75, 3.05) is 26.2 Å². The van der Waals surface area contributed by atoms with E-state index in [9.17, 15) is 8.42 Å². The van der Waals surface area contributed by atoms with Crippen molar-refractivity contribution in [3.8, 4) is 0 Å². The summed E-state index contributed by atoms with van der Waals surface area (Å²) in [5.41, 5.74) is 0. The van der Waals surface area contributed by atoms with Gasteiger partial charge in [-0.25, -0.2) is 0 Å². The third-order valence-electron chi connectivity index (χ3n) is 4.94. The van der Waals surface area contributed by atoms with Gasteiger partial charge in [-0.15, -0.1) is 0 Å². The zero-order valence-corrected chi connectivity index (χ0v) is 14.5. The van der Waals surface area contributed by atoms with E-state index in [0.717, 1.165) is 45.2 Å². The molecule has 2 saturated heterocycles. The van der Waals surface area contributed by atoms with E-state index in [4.69, 9.17) is 0 Å². The first kappa shape index (κ1) is 17.2. The van der Waals surface area contributed by atoms with Crippen LogP contribution in [0.15, 0.2) is 0 Å². The summed E-state index contributed by atoms with van der Waals surface area (Å²) in [4.78, 5) is 0. The third-order valence-corrected chi connectivity index (χ3v) is 7.12. The second-order valence-electron chi connectivity index (χ2n) is 6.50. The predicted molar refractivity (Wildman–Crippen MR) is 86.4 cm³/mol. The van der Waals surface area contributed by atoms with E-state index < -0.39 is 10.2 Å². The molecule has 2 aliphatic heterocycles. The van der Waals surface area contributed by atoms with Crippen molar-refractivity contribution in [2.24, 2.45) is 5.92 Å². The molecule has 124 valence electrons. The minimum atomic E-state index is -3.29. The van der Waals surface area contributed by atoms with Crippen molar-refractivity contribution >= 4 is 10.2 Å². The molecule has 2 rings (SSSR count). The van der Waals surface area contributed by atoms with E-state index in [-0.39, 0.29) is 12.1 Å². The summed E-state index contributed by atoms with van der Waals surface area (Å²) >= 11 is 0. The quantitative estimate of drug-likeness (QED) is 0.813. The molecule has 0 aromatic carbocycles. The number of nitrogens with zero attached hydrogens (tertiary/aromatic N) is 2. The zero-order chi connectivity index (χ0) is 15.5. The average molecular weight is 317 g/mol. The van der Waals surface area contributed by atoms with Gasteiger partial charge in [-0.2, -0.15) is 17.0 Å². The lowest BCUT2D eigenvalue weighted by Gasteiger charge is -2.37. The molecule has 0 aromatic heterocycles. The molecule has 21 heavy (non-hydrogen) atoms. The van der Waals surface area contributed by atoms with Crippen LogP contribution in [0.5, 0.6) is 0 Å². The standard InChI is InChI=1S/C15H31N3O2S/c1-4-15-9-8-13(3)18(15)21(19,20)17-10-6-7-14(12-17)11-16-5-2/h13-16H,4-12H2,1-3H3. The Kier molecular flexibility index (Phi) is 6.05. The molecule has 6 heteroatoms. The monoisotopic (exact) mass is 317 g/mol. The predicted octanol–water partition coefficient (Wildman–Crippen LogP) is 1.82. The second-order valence-corrected chi connectivity index (χ2v) is 8.33. The van der Waals surface area contributed by atoms with Gasteiger partial charge < -0.3 is 5.32 Å². The van der Waals surface area contributed by atoms with Gasteiger partial charge in [0.1, 0.15) is 0 Å². The topological polar surface area (TPSA) is 52.7 Å². The molecule has 0 aliphatic carbocycles. The average Bonchev–Trinajstić information content (AvgIpc) is 2.87. The normalized spacial score (nSPS) is 32.6. The Labute approximate surface area is 130 Å². The van der Waals surface area contributed by atoms with Crippen molar-refractivity contribution in [1.29, 1.82) is 0 Å². The Hall–Kier alpha value is -0.170. The Morgan fingerprint density at radius 1 is 1.19 bits per heavy atom. The molecule has 3 atom stereocenters. The molecule has 0 saturated carbocycles. The molecule has 1 N–H and O–H groups in total. The highest BCUT2D eigenvalue weighted by Gasteiger charge is 2.42. The third kappa shape index (κ3) is 3.78. The number of hydrogen-bond acceptors (Lipinski definition) is 3. The molecule has 2 heterocycles. The first-order valence-electron chi connectivity index (χ1n) is 8.50. The number of hydrogen-bond donors (Lipinski definition) is 1. The van der Waals surface area contributed by atoms with Crippen LogP contribution in [0.25, 0.3) is 0 Å². The van der Waals surface area contributed by atoms with Crippen LogP contribution in [0.4, 0.5) is 0 Å². The van der Waals surface area contributed by atoms with Gasteiger partial charge >= 0.3 is 0 Å². The van der Waals surface area contributed by atoms with Gasteiger partial charge in [-0.3, -0.25) is 0 Å². The van der Waals surface area contributed by atoms with Gasteiger partial charge in [0.2, 0.25) is 0 Å². The fraction of sp³-hybridized carbons (Fsp3) is 1.00. The van der Waals surface area contributed by atoms with Crippen LogP contribution in [0.3, 0.4) is 0 Å². The second kappa shape index (κ2) is 7.40. The molecular weight excluding hydrogens is 286 g/mol. The van der Waals surface area contributed by atoms with Crippen molar-refractivity contribution in [3.63, 3.8) is 0 Å². The van der Waals surface area contributed by atoms with Gasteiger partial charge in [0.25, 0.3) is 10.2 Å². The van der Waals surface area contributed by atoms with Gasteiger partial charge in [0, 0.05) is 25.2 Å². The summed E-state index contributed by atoms with van der Waals surface area (Å²) in [6.07, 6.45) is 5.02. The molecule has 5 nitrogen and oxygen atoms in total. The summed E-state index contributed by atoms with van der Waals surface area (Å²) in [6.45, 7) is 9.47. The molecule has 0 aromatic rings. The summed E-state index contributed by atoms with van der Waals surface area (Å²) in [7, 11) is -3.29. The van der Waals surface area contributed by atoms with Crippen LogP contribution >= 0.6 is 0 Å². The number of rotatable bonds is 6. The van der Waals surface area contributed by atoms with E-state index in [1.54, 1.807) is 8.61 Å². The van der Waals surface area contributed by atoms with E-state index in [1.165, 1.54) is 0 Å². The van der Waals surface area contributed by atoms with Crippen molar-refractivity contribution in [2.45, 2.75) is 65.0 Å². The SMILES string of the molecule is CCNCC1CCCN(S(=O)(=O)N2C(C)CCC2CC)C1. The fourth-order valence-corrected chi connectivity index (χ4v) is 5.95. The van der Waals surface area contributed by atoms with Crippen molar-refractivity contribution in [1.82, 2.24) is 13.9 Å². The highest BCUT2D eigenvalue weighted by molar-refractivity contribution is 7.86. The first-order valence-corrected chi connectivity index (χ1v) is 9.89. The van der Waals surface area contributed by atoms with E-state index >= 15 is 0 Å². The smallest absolute Gasteiger partial charge is 0.282 e. The molecule has 0 amide bonds. The van der Waals surface area contributed by atoms with Crippen LogP contribution in [-0.2, 0) is 10.2 Å². The van der Waals surface area contributed by atoms with Gasteiger partial charge in [-0.1, -0.05) is 13.8 Å². The highest BCUT2D eigenvalue weighted by atomic mass is 32.2. The summed E-state index contributed by atoms with van der Waals surface area (Å²) in [6, 6.07) is 0.341. The van der Waals surface area contributed by atoms with Crippen molar-refractivity contribution in [3.05, 3.63) is 0 Å². The molecular formula is C15H31N3O2S. The maximum atomic E-state index is 13.0. The summed E-state index contributed by atoms with van der Waals surface area (Å²) in [5.74, 6) is 0.450. The zero-order valence-electron chi connectivity index (χ0n) is 13.7. The molecule has 2 fully saturated rings. The molecule has 0 bridgehead atoms. The van der Waals surface area contributed by atoms with Crippen LogP contribution in [0.2, 0.25) is 0 Å². The molecule has 2 aliphatic rings. The van der Waals surface area contributed by atoms with E-state index in [0.29, 0.717) is 19.0 Å². The molecule has 0 radical (unpaired) electrons. The maximum Gasteiger partial charge on any atom is 0.282 e. The van der Waals surface area contributed by atoms with Gasteiger partial charge in [0.15, 0.2) is 0 Å². The largest absolute Gasteiger partial charge is 0.317 e. The van der Waals surface area contributed by atoms with Gasteiger partial charge in [-0.05, 0) is 58.0 Å². The van der Waals surface area contributed by atoms with E-state index in [2.05, 4.69) is 19.2 Å². The fourth-order valence-electron chi connectivity index (χ4n) is 3.73. The molecule has 3 unspecified atom stereocenters. The Bertz CT molecular complexity index is 427. The summed E-state index contributed by atoms with van der Waals surface area (Å²) < 4.78 is 29.6. The minimum absolute atomic E-state index is 0.147. The Balaban J connectivity index is 2.07. The van der Waals surface area contributed by atoms with Crippen LogP contribution in [0.1, 0.15) is 52.9 Å². The lowest BCUT2D eigenvalue weighted by molar-refractivity contribution is 0.228. The molecule has 0 spiro atoms. The lowest BCUT2D eigenvalue weighted by atomic mass is 10.00. The number of nitrogens with one attached hydrogen (secondary N) is 1. The lowest BCUT2D eigenvalue weighted by Crippen LogP contribution is -2.52. The Morgan fingerprint density at radius 2 is 1.95 bits per heavy atom. The number of piperidine rings is 1. The van der Waals surface area contributed by atoms with E-state index in [1.807, 2.05) is 6.92 Å². The van der Waals surface area contributed by atoms with Gasteiger partial charge in [0.05, 0.1) is 0 Å². The Morgan fingerprint density at radius 3 is 2.62 bits per heavy atom. The van der Waals surface area contributed by atoms with Crippen molar-refractivity contribution < 1.29 is 8.42 Å². The summed E-state index contributed by atoms with van der Waals surface area (Å²) in [5, 5.41) is 3.35.